The summed E-state index contributed by atoms with van der Waals surface area (Å²) < 4.78 is 0. The van der Waals surface area contributed by atoms with E-state index in [0.717, 1.165) is 38.0 Å². The molecule has 3 unspecified atom stereocenters. The van der Waals surface area contributed by atoms with Crippen LogP contribution in [0.15, 0.2) is 0 Å². The molecule has 3 rings (SSSR count). The van der Waals surface area contributed by atoms with Gasteiger partial charge in [-0.1, -0.05) is 40.0 Å². The molecule has 0 aromatic heterocycles. The lowest BCUT2D eigenvalue weighted by molar-refractivity contribution is -0.129. The van der Waals surface area contributed by atoms with Gasteiger partial charge in [0.05, 0.1) is 12.0 Å². The number of carbonyl (C=O) groups is 1. The van der Waals surface area contributed by atoms with E-state index in [1.165, 1.54) is 19.3 Å². The van der Waals surface area contributed by atoms with E-state index in [1.54, 1.807) is 0 Å². The second kappa shape index (κ2) is 4.97. The lowest BCUT2D eigenvalue weighted by Crippen LogP contribution is -2.49. The molecule has 0 aromatic rings. The molecule has 0 spiro atoms. The van der Waals surface area contributed by atoms with Crippen molar-refractivity contribution < 1.29 is 9.90 Å². The molecule has 3 aliphatic carbocycles. The van der Waals surface area contributed by atoms with E-state index in [4.69, 9.17) is 0 Å². The minimum Gasteiger partial charge on any atom is -0.389 e. The van der Waals surface area contributed by atoms with E-state index in [-0.39, 0.29) is 11.3 Å². The Labute approximate surface area is 128 Å². The topological polar surface area (TPSA) is 49.3 Å². The first-order valence-electron chi connectivity index (χ1n) is 8.79. The van der Waals surface area contributed by atoms with Gasteiger partial charge in [0.1, 0.15) is 0 Å². The van der Waals surface area contributed by atoms with Crippen LogP contribution in [0.2, 0.25) is 0 Å². The normalized spacial score (nSPS) is 40.2. The number of hydrogen-bond donors (Lipinski definition) is 2. The number of fused-ring (bicyclic) bond motifs is 2. The zero-order chi connectivity index (χ0) is 15.3. The van der Waals surface area contributed by atoms with Crippen molar-refractivity contribution in [3.8, 4) is 0 Å². The molecule has 1 amide bonds. The van der Waals surface area contributed by atoms with Crippen molar-refractivity contribution in [3.05, 3.63) is 0 Å². The third kappa shape index (κ3) is 2.42. The molecule has 0 heterocycles. The number of carbonyl (C=O) groups excluding carboxylic acids is 1. The number of rotatable bonds is 3. The summed E-state index contributed by atoms with van der Waals surface area (Å²) in [5, 5.41) is 13.8. The lowest BCUT2D eigenvalue weighted by Gasteiger charge is -2.40. The molecule has 3 saturated carbocycles. The van der Waals surface area contributed by atoms with Crippen molar-refractivity contribution in [2.75, 3.05) is 0 Å². The maximum absolute atomic E-state index is 12.4. The summed E-state index contributed by atoms with van der Waals surface area (Å²) in [7, 11) is 0. The first-order valence-corrected chi connectivity index (χ1v) is 8.79. The molecule has 3 heteroatoms. The number of aliphatic hydroxyl groups is 1. The molecule has 2 bridgehead atoms. The van der Waals surface area contributed by atoms with Gasteiger partial charge in [-0.05, 0) is 48.9 Å². The van der Waals surface area contributed by atoms with Gasteiger partial charge in [-0.3, -0.25) is 4.79 Å². The fourth-order valence-electron chi connectivity index (χ4n) is 5.35. The Morgan fingerprint density at radius 1 is 1.14 bits per heavy atom. The summed E-state index contributed by atoms with van der Waals surface area (Å²) >= 11 is 0. The summed E-state index contributed by atoms with van der Waals surface area (Å²) in [5.41, 5.74) is -0.189. The molecule has 0 saturated heterocycles. The van der Waals surface area contributed by atoms with Crippen LogP contribution < -0.4 is 5.32 Å². The van der Waals surface area contributed by atoms with E-state index in [9.17, 15) is 9.90 Å². The quantitative estimate of drug-likeness (QED) is 0.838. The summed E-state index contributed by atoms with van der Waals surface area (Å²) in [6, 6.07) is 0.297. The van der Waals surface area contributed by atoms with Crippen molar-refractivity contribution >= 4 is 5.91 Å². The summed E-state index contributed by atoms with van der Waals surface area (Å²) in [6.45, 7) is 7.08. The third-order valence-corrected chi connectivity index (χ3v) is 7.40. The van der Waals surface area contributed by atoms with Gasteiger partial charge in [0.25, 0.3) is 0 Å². The Kier molecular flexibility index (Phi) is 3.63. The van der Waals surface area contributed by atoms with Gasteiger partial charge in [0, 0.05) is 6.04 Å². The van der Waals surface area contributed by atoms with Crippen LogP contribution in [0, 0.1) is 16.7 Å². The highest BCUT2D eigenvalue weighted by molar-refractivity contribution is 5.77. The largest absolute Gasteiger partial charge is 0.389 e. The molecular weight excluding hydrogens is 262 g/mol. The van der Waals surface area contributed by atoms with Crippen LogP contribution in [0.1, 0.15) is 78.6 Å². The maximum Gasteiger partial charge on any atom is 0.223 e. The van der Waals surface area contributed by atoms with Crippen LogP contribution in [0.3, 0.4) is 0 Å². The van der Waals surface area contributed by atoms with Gasteiger partial charge in [-0.25, -0.2) is 0 Å². The Balaban J connectivity index is 1.61. The third-order valence-electron chi connectivity index (χ3n) is 7.40. The van der Waals surface area contributed by atoms with E-state index >= 15 is 0 Å². The highest BCUT2D eigenvalue weighted by Gasteiger charge is 2.61. The molecule has 120 valence electrons. The minimum absolute atomic E-state index is 0.0639. The van der Waals surface area contributed by atoms with E-state index in [1.807, 2.05) is 0 Å². The predicted molar refractivity (Wildman–Crippen MR) is 83.8 cm³/mol. The van der Waals surface area contributed by atoms with Crippen LogP contribution in [-0.2, 0) is 4.79 Å². The highest BCUT2D eigenvalue weighted by atomic mass is 16.3. The average molecular weight is 293 g/mol. The Bertz CT molecular complexity index is 425. The van der Waals surface area contributed by atoms with Crippen molar-refractivity contribution in [1.29, 1.82) is 0 Å². The SMILES string of the molecule is CC1(C)C2CCC1(C)C(NC(=O)CC1(O)CCCCC1)C2. The fourth-order valence-corrected chi connectivity index (χ4v) is 5.35. The van der Waals surface area contributed by atoms with Gasteiger partial charge in [-0.15, -0.1) is 0 Å². The molecule has 0 aromatic carbocycles. The van der Waals surface area contributed by atoms with Crippen LogP contribution in [0.5, 0.6) is 0 Å². The van der Waals surface area contributed by atoms with E-state index in [0.29, 0.717) is 17.9 Å². The molecule has 2 N–H and O–H groups in total. The molecule has 3 nitrogen and oxygen atoms in total. The molecule has 3 fully saturated rings. The summed E-state index contributed by atoms with van der Waals surface area (Å²) in [4.78, 5) is 12.4. The van der Waals surface area contributed by atoms with Crippen LogP contribution >= 0.6 is 0 Å². The summed E-state index contributed by atoms with van der Waals surface area (Å²) in [5.74, 6) is 0.805. The van der Waals surface area contributed by atoms with Crippen LogP contribution in [0.4, 0.5) is 0 Å². The molecule has 0 aliphatic heterocycles. The number of nitrogens with one attached hydrogen (secondary N) is 1. The van der Waals surface area contributed by atoms with Gasteiger partial charge >= 0.3 is 0 Å². The zero-order valence-corrected chi connectivity index (χ0v) is 13.9. The standard InChI is InChI=1S/C18H31NO2/c1-16(2)13-7-10-17(16,3)14(11-13)19-15(20)12-18(21)8-5-4-6-9-18/h13-14,21H,4-12H2,1-3H3,(H,19,20). The lowest BCUT2D eigenvalue weighted by atomic mass is 9.69. The Morgan fingerprint density at radius 3 is 2.33 bits per heavy atom. The second-order valence-electron chi connectivity index (χ2n) is 8.69. The Morgan fingerprint density at radius 2 is 1.81 bits per heavy atom. The van der Waals surface area contributed by atoms with Crippen LogP contribution in [0.25, 0.3) is 0 Å². The van der Waals surface area contributed by atoms with Crippen molar-refractivity contribution in [1.82, 2.24) is 5.32 Å². The van der Waals surface area contributed by atoms with Crippen molar-refractivity contribution in [2.45, 2.75) is 90.2 Å². The fraction of sp³-hybridized carbons (Fsp3) is 0.944. The first-order chi connectivity index (χ1) is 9.77. The predicted octanol–water partition coefficient (Wildman–Crippen LogP) is 3.40. The molecular formula is C18H31NO2. The maximum atomic E-state index is 12.4. The zero-order valence-electron chi connectivity index (χ0n) is 13.9. The van der Waals surface area contributed by atoms with Gasteiger partial charge in [-0.2, -0.15) is 0 Å². The molecule has 3 atom stereocenters. The van der Waals surface area contributed by atoms with Crippen LogP contribution in [-0.4, -0.2) is 22.7 Å². The highest BCUT2D eigenvalue weighted by Crippen LogP contribution is 2.65. The van der Waals surface area contributed by atoms with Gasteiger partial charge in [0.15, 0.2) is 0 Å². The first kappa shape index (κ1) is 15.3. The second-order valence-corrected chi connectivity index (χ2v) is 8.69. The smallest absolute Gasteiger partial charge is 0.223 e. The average Bonchev–Trinajstić information content (AvgIpc) is 2.72. The number of hydrogen-bond acceptors (Lipinski definition) is 2. The Hall–Kier alpha value is -0.570. The van der Waals surface area contributed by atoms with E-state index < -0.39 is 5.60 Å². The van der Waals surface area contributed by atoms with Gasteiger partial charge in [0.2, 0.25) is 5.91 Å². The van der Waals surface area contributed by atoms with Crippen molar-refractivity contribution in [3.63, 3.8) is 0 Å². The van der Waals surface area contributed by atoms with Gasteiger partial charge < -0.3 is 10.4 Å². The molecule has 3 aliphatic rings. The number of amides is 1. The van der Waals surface area contributed by atoms with Crippen molar-refractivity contribution in [2.24, 2.45) is 16.7 Å². The van der Waals surface area contributed by atoms with E-state index in [2.05, 4.69) is 26.1 Å². The molecule has 0 radical (unpaired) electrons. The summed E-state index contributed by atoms with van der Waals surface area (Å²) in [6.07, 6.45) is 8.82. The minimum atomic E-state index is -0.740. The molecule has 21 heavy (non-hydrogen) atoms. The monoisotopic (exact) mass is 293 g/mol.